The smallest absolute Gasteiger partial charge is 0.287 e. The molecular formula is C21H29N2O2+. The SMILES string of the molecule is CCC(C)(C)[NH2+][C@H](C(=O)Nc1cc(C)ccc1OC)c1ccccc1. The molecule has 0 aliphatic heterocycles. The molecule has 0 saturated carbocycles. The molecule has 0 bridgehead atoms. The number of aryl methyl sites for hydroxylation is 1. The first-order valence-corrected chi connectivity index (χ1v) is 8.73. The van der Waals surface area contributed by atoms with Gasteiger partial charge in [0.15, 0.2) is 6.04 Å². The second kappa shape index (κ2) is 8.17. The summed E-state index contributed by atoms with van der Waals surface area (Å²) in [6.45, 7) is 8.45. The Kier molecular flexibility index (Phi) is 6.21. The Morgan fingerprint density at radius 1 is 1.20 bits per heavy atom. The molecule has 2 aromatic rings. The van der Waals surface area contributed by atoms with Gasteiger partial charge in [-0.1, -0.05) is 43.3 Å². The lowest BCUT2D eigenvalue weighted by atomic mass is 9.97. The molecule has 2 aromatic carbocycles. The van der Waals surface area contributed by atoms with Crippen LogP contribution >= 0.6 is 0 Å². The summed E-state index contributed by atoms with van der Waals surface area (Å²) in [7, 11) is 1.61. The number of nitrogens with two attached hydrogens (primary N) is 1. The van der Waals surface area contributed by atoms with Gasteiger partial charge in [-0.3, -0.25) is 4.79 Å². The summed E-state index contributed by atoms with van der Waals surface area (Å²) >= 11 is 0. The number of anilines is 1. The summed E-state index contributed by atoms with van der Waals surface area (Å²) in [6, 6.07) is 15.4. The van der Waals surface area contributed by atoms with Crippen molar-refractivity contribution < 1.29 is 14.8 Å². The molecule has 134 valence electrons. The fourth-order valence-electron chi connectivity index (χ4n) is 2.68. The van der Waals surface area contributed by atoms with Crippen molar-refractivity contribution in [2.75, 3.05) is 12.4 Å². The van der Waals surface area contributed by atoms with Gasteiger partial charge in [0.1, 0.15) is 5.75 Å². The van der Waals surface area contributed by atoms with E-state index in [2.05, 4.69) is 31.4 Å². The molecule has 1 atom stereocenters. The van der Waals surface area contributed by atoms with Crippen LogP contribution in [-0.2, 0) is 4.79 Å². The van der Waals surface area contributed by atoms with Crippen molar-refractivity contribution in [3.05, 3.63) is 59.7 Å². The van der Waals surface area contributed by atoms with Gasteiger partial charge in [0.25, 0.3) is 5.91 Å². The minimum atomic E-state index is -0.318. The van der Waals surface area contributed by atoms with Crippen molar-refractivity contribution in [2.45, 2.75) is 45.7 Å². The predicted molar refractivity (Wildman–Crippen MR) is 102 cm³/mol. The molecule has 2 rings (SSSR count). The van der Waals surface area contributed by atoms with Crippen LogP contribution in [0.2, 0.25) is 0 Å². The number of hydrogen-bond acceptors (Lipinski definition) is 2. The van der Waals surface area contributed by atoms with Gasteiger partial charge in [-0.2, -0.15) is 0 Å². The van der Waals surface area contributed by atoms with Gasteiger partial charge < -0.3 is 15.4 Å². The molecule has 4 nitrogen and oxygen atoms in total. The molecule has 0 aromatic heterocycles. The lowest BCUT2D eigenvalue weighted by molar-refractivity contribution is -0.745. The van der Waals surface area contributed by atoms with Crippen LogP contribution in [0.25, 0.3) is 0 Å². The van der Waals surface area contributed by atoms with Gasteiger partial charge in [0, 0.05) is 5.56 Å². The fourth-order valence-corrected chi connectivity index (χ4v) is 2.68. The van der Waals surface area contributed by atoms with Crippen LogP contribution in [0.5, 0.6) is 5.75 Å². The van der Waals surface area contributed by atoms with Gasteiger partial charge >= 0.3 is 0 Å². The monoisotopic (exact) mass is 341 g/mol. The summed E-state index contributed by atoms with van der Waals surface area (Å²) in [5.74, 6) is 0.622. The van der Waals surface area contributed by atoms with E-state index in [9.17, 15) is 4.79 Å². The van der Waals surface area contributed by atoms with E-state index in [4.69, 9.17) is 4.74 Å². The summed E-state index contributed by atoms with van der Waals surface area (Å²) in [5.41, 5.74) is 2.74. The van der Waals surface area contributed by atoms with Crippen molar-refractivity contribution in [1.82, 2.24) is 0 Å². The third kappa shape index (κ3) is 5.07. The van der Waals surface area contributed by atoms with E-state index in [-0.39, 0.29) is 17.5 Å². The summed E-state index contributed by atoms with van der Waals surface area (Å²) < 4.78 is 5.38. The zero-order valence-corrected chi connectivity index (χ0v) is 15.8. The minimum Gasteiger partial charge on any atom is -0.495 e. The zero-order chi connectivity index (χ0) is 18.4. The number of amides is 1. The van der Waals surface area contributed by atoms with Crippen LogP contribution in [0.3, 0.4) is 0 Å². The molecule has 0 spiro atoms. The quantitative estimate of drug-likeness (QED) is 0.810. The zero-order valence-electron chi connectivity index (χ0n) is 15.8. The first-order chi connectivity index (χ1) is 11.9. The van der Waals surface area contributed by atoms with E-state index in [1.807, 2.05) is 55.5 Å². The van der Waals surface area contributed by atoms with Crippen molar-refractivity contribution in [3.63, 3.8) is 0 Å². The average molecular weight is 341 g/mol. The van der Waals surface area contributed by atoms with Crippen LogP contribution in [-0.4, -0.2) is 18.6 Å². The lowest BCUT2D eigenvalue weighted by Crippen LogP contribution is -2.97. The number of ether oxygens (including phenoxy) is 1. The Balaban J connectivity index is 2.31. The molecule has 4 heteroatoms. The van der Waals surface area contributed by atoms with Gasteiger partial charge in [-0.25, -0.2) is 0 Å². The maximum Gasteiger partial charge on any atom is 0.287 e. The Morgan fingerprint density at radius 2 is 1.88 bits per heavy atom. The molecule has 0 aliphatic rings. The number of carbonyl (C=O) groups is 1. The van der Waals surface area contributed by atoms with Gasteiger partial charge in [-0.15, -0.1) is 0 Å². The number of rotatable bonds is 7. The number of quaternary nitrogens is 1. The second-order valence-electron chi connectivity index (χ2n) is 7.09. The Hall–Kier alpha value is -2.33. The van der Waals surface area contributed by atoms with Crippen LogP contribution in [0.15, 0.2) is 48.5 Å². The normalized spacial score (nSPS) is 12.5. The lowest BCUT2D eigenvalue weighted by Gasteiger charge is -2.27. The standard InChI is InChI=1S/C21H28N2O2/c1-6-21(3,4)23-19(16-10-8-7-9-11-16)20(24)22-17-14-15(2)12-13-18(17)25-5/h7-14,19,23H,6H2,1-5H3,(H,22,24)/p+1/t19-/m0/s1. The summed E-state index contributed by atoms with van der Waals surface area (Å²) in [5, 5.41) is 5.19. The number of methoxy groups -OCH3 is 1. The topological polar surface area (TPSA) is 54.9 Å². The Morgan fingerprint density at radius 3 is 2.48 bits per heavy atom. The highest BCUT2D eigenvalue weighted by Crippen LogP contribution is 2.26. The molecule has 25 heavy (non-hydrogen) atoms. The minimum absolute atomic E-state index is 0.0332. The Labute approximate surface area is 150 Å². The highest BCUT2D eigenvalue weighted by atomic mass is 16.5. The second-order valence-corrected chi connectivity index (χ2v) is 7.09. The molecule has 0 aliphatic carbocycles. The van der Waals surface area contributed by atoms with E-state index >= 15 is 0 Å². The van der Waals surface area contributed by atoms with Crippen molar-refractivity contribution in [3.8, 4) is 5.75 Å². The van der Waals surface area contributed by atoms with Gasteiger partial charge in [0.05, 0.1) is 18.3 Å². The highest BCUT2D eigenvalue weighted by molar-refractivity contribution is 5.95. The molecule has 0 unspecified atom stereocenters. The molecule has 0 heterocycles. The molecule has 0 radical (unpaired) electrons. The molecule has 3 N–H and O–H groups in total. The van der Waals surface area contributed by atoms with E-state index in [1.165, 1.54) is 0 Å². The van der Waals surface area contributed by atoms with Gasteiger partial charge in [-0.05, 0) is 44.9 Å². The number of hydrogen-bond donors (Lipinski definition) is 2. The third-order valence-corrected chi connectivity index (χ3v) is 4.58. The van der Waals surface area contributed by atoms with E-state index in [0.717, 1.165) is 17.5 Å². The third-order valence-electron chi connectivity index (χ3n) is 4.58. The summed E-state index contributed by atoms with van der Waals surface area (Å²) in [6.07, 6.45) is 0.970. The highest BCUT2D eigenvalue weighted by Gasteiger charge is 2.31. The first kappa shape index (κ1) is 19.0. The Bertz CT molecular complexity index is 711. The molecule has 0 fully saturated rings. The largest absolute Gasteiger partial charge is 0.495 e. The van der Waals surface area contributed by atoms with Crippen LogP contribution in [0.1, 0.15) is 44.4 Å². The number of carbonyl (C=O) groups excluding carboxylic acids is 1. The van der Waals surface area contributed by atoms with Crippen LogP contribution in [0, 0.1) is 6.92 Å². The predicted octanol–water partition coefficient (Wildman–Crippen LogP) is 3.44. The number of benzene rings is 2. The van der Waals surface area contributed by atoms with Crippen molar-refractivity contribution in [1.29, 1.82) is 0 Å². The molecule has 1 amide bonds. The average Bonchev–Trinajstić information content (AvgIpc) is 2.60. The number of nitrogens with one attached hydrogen (secondary N) is 1. The van der Waals surface area contributed by atoms with Gasteiger partial charge in [0.2, 0.25) is 0 Å². The van der Waals surface area contributed by atoms with Crippen LogP contribution in [0.4, 0.5) is 5.69 Å². The summed E-state index contributed by atoms with van der Waals surface area (Å²) in [4.78, 5) is 13.1. The maximum atomic E-state index is 13.1. The molecule has 0 saturated heterocycles. The van der Waals surface area contributed by atoms with Crippen LogP contribution < -0.4 is 15.4 Å². The molecular weight excluding hydrogens is 312 g/mol. The van der Waals surface area contributed by atoms with Crippen molar-refractivity contribution >= 4 is 11.6 Å². The maximum absolute atomic E-state index is 13.1. The van der Waals surface area contributed by atoms with Crippen molar-refractivity contribution in [2.24, 2.45) is 0 Å². The van der Waals surface area contributed by atoms with E-state index in [0.29, 0.717) is 11.4 Å². The first-order valence-electron chi connectivity index (χ1n) is 8.73. The van der Waals surface area contributed by atoms with E-state index in [1.54, 1.807) is 7.11 Å². The van der Waals surface area contributed by atoms with E-state index < -0.39 is 0 Å². The fraction of sp³-hybridized carbons (Fsp3) is 0.381.